The van der Waals surface area contributed by atoms with Crippen molar-refractivity contribution >= 4 is 17.5 Å². The van der Waals surface area contributed by atoms with Crippen molar-refractivity contribution < 1.29 is 9.18 Å². The predicted molar refractivity (Wildman–Crippen MR) is 54.0 cm³/mol. The number of nitrogens with zero attached hydrogens (tertiary/aromatic N) is 1. The predicted octanol–water partition coefficient (Wildman–Crippen LogP) is 1.12. The van der Waals surface area contributed by atoms with Crippen molar-refractivity contribution in [3.8, 4) is 0 Å². The molecule has 0 bridgehead atoms. The molecule has 1 amide bonds. The van der Waals surface area contributed by atoms with E-state index >= 15 is 0 Å². The lowest BCUT2D eigenvalue weighted by Gasteiger charge is -2.16. The molecule has 0 saturated carbocycles. The third-order valence-electron chi connectivity index (χ3n) is 2.50. The molecule has 1 aliphatic heterocycles. The lowest BCUT2D eigenvalue weighted by atomic mass is 10.1. The highest BCUT2D eigenvalue weighted by molar-refractivity contribution is 6.29. The quantitative estimate of drug-likeness (QED) is 0.711. The van der Waals surface area contributed by atoms with Crippen LogP contribution in [0.3, 0.4) is 0 Å². The van der Waals surface area contributed by atoms with Gasteiger partial charge < -0.3 is 10.2 Å². The summed E-state index contributed by atoms with van der Waals surface area (Å²) in [5.41, 5.74) is -1.92. The Morgan fingerprint density at radius 2 is 2.29 bits per heavy atom. The van der Waals surface area contributed by atoms with Crippen molar-refractivity contribution in [1.82, 2.24) is 10.2 Å². The van der Waals surface area contributed by atoms with E-state index in [0.29, 0.717) is 0 Å². The second-order valence-electron chi connectivity index (χ2n) is 3.74. The number of nitrogens with one attached hydrogen (secondary N) is 1. The minimum absolute atomic E-state index is 0.0736. The van der Waals surface area contributed by atoms with E-state index in [1.807, 2.05) is 7.05 Å². The van der Waals surface area contributed by atoms with Gasteiger partial charge >= 0.3 is 0 Å². The van der Waals surface area contributed by atoms with E-state index in [1.165, 1.54) is 0 Å². The molecule has 0 aromatic carbocycles. The van der Waals surface area contributed by atoms with Crippen LogP contribution < -0.4 is 5.32 Å². The molecule has 1 heterocycles. The van der Waals surface area contributed by atoms with Gasteiger partial charge in [0.25, 0.3) is 11.5 Å². The van der Waals surface area contributed by atoms with E-state index in [0.717, 1.165) is 32.4 Å². The van der Waals surface area contributed by atoms with Gasteiger partial charge in [-0.15, -0.1) is 0 Å². The molecule has 2 atom stereocenters. The van der Waals surface area contributed by atoms with Gasteiger partial charge in [0.1, 0.15) is 0 Å². The highest BCUT2D eigenvalue weighted by Crippen LogP contribution is 2.10. The van der Waals surface area contributed by atoms with Crippen LogP contribution >= 0.6 is 11.6 Å². The van der Waals surface area contributed by atoms with Crippen molar-refractivity contribution in [1.29, 1.82) is 0 Å². The summed E-state index contributed by atoms with van der Waals surface area (Å²) in [6, 6.07) is 0.0736. The monoisotopic (exact) mass is 222 g/mol. The number of carbonyl (C=O) groups excluding carboxylic acids is 1. The fourth-order valence-electron chi connectivity index (χ4n) is 1.65. The van der Waals surface area contributed by atoms with Crippen molar-refractivity contribution in [2.45, 2.75) is 30.9 Å². The Kier molecular flexibility index (Phi) is 4.62. The van der Waals surface area contributed by atoms with Crippen molar-refractivity contribution in [2.75, 3.05) is 20.1 Å². The van der Waals surface area contributed by atoms with Crippen molar-refractivity contribution in [3.63, 3.8) is 0 Å². The molecule has 0 radical (unpaired) electrons. The molecule has 0 aromatic heterocycles. The van der Waals surface area contributed by atoms with Gasteiger partial charge in [0.05, 0.1) is 0 Å². The number of alkyl halides is 2. The summed E-state index contributed by atoms with van der Waals surface area (Å²) in [5.74, 6) is -0.707. The van der Waals surface area contributed by atoms with Crippen molar-refractivity contribution in [3.05, 3.63) is 0 Å². The minimum atomic E-state index is -1.92. The van der Waals surface area contributed by atoms with Crippen LogP contribution in [-0.2, 0) is 4.79 Å². The topological polar surface area (TPSA) is 32.3 Å². The van der Waals surface area contributed by atoms with E-state index in [1.54, 1.807) is 0 Å². The summed E-state index contributed by atoms with van der Waals surface area (Å²) >= 11 is 5.03. The van der Waals surface area contributed by atoms with Crippen LogP contribution in [0.4, 0.5) is 4.39 Å². The molecular formula is C9H16ClFN2O. The first-order chi connectivity index (χ1) is 6.59. The van der Waals surface area contributed by atoms with E-state index in [2.05, 4.69) is 10.2 Å². The maximum Gasteiger partial charge on any atom is 0.270 e. The van der Waals surface area contributed by atoms with Crippen LogP contribution in [0.15, 0.2) is 0 Å². The molecular weight excluding hydrogens is 207 g/mol. The fraction of sp³-hybridized carbons (Fsp3) is 0.889. The van der Waals surface area contributed by atoms with Crippen LogP contribution in [0.25, 0.3) is 0 Å². The highest BCUT2D eigenvalue weighted by atomic mass is 35.5. The Labute approximate surface area is 88.6 Å². The summed E-state index contributed by atoms with van der Waals surface area (Å²) in [7, 11) is 2.05. The summed E-state index contributed by atoms with van der Waals surface area (Å²) in [6.45, 7) is 1.97. The molecule has 14 heavy (non-hydrogen) atoms. The van der Waals surface area contributed by atoms with Crippen LogP contribution in [0.1, 0.15) is 19.3 Å². The SMILES string of the molecule is CN1CCCC(NC(=O)C(F)Cl)CC1. The largest absolute Gasteiger partial charge is 0.350 e. The van der Waals surface area contributed by atoms with Gasteiger partial charge in [-0.05, 0) is 39.4 Å². The Balaban J connectivity index is 2.33. The van der Waals surface area contributed by atoms with Crippen LogP contribution in [-0.4, -0.2) is 42.6 Å². The Hall–Kier alpha value is -0.350. The first-order valence-electron chi connectivity index (χ1n) is 4.86. The zero-order chi connectivity index (χ0) is 10.6. The number of halogens is 2. The molecule has 0 aromatic rings. The fourth-order valence-corrected chi connectivity index (χ4v) is 1.71. The lowest BCUT2D eigenvalue weighted by molar-refractivity contribution is -0.124. The van der Waals surface area contributed by atoms with Gasteiger partial charge in [0.2, 0.25) is 0 Å². The Bertz CT molecular complexity index is 201. The molecule has 1 aliphatic rings. The standard InChI is InChI=1S/C9H16ClFN2O/c1-13-5-2-3-7(4-6-13)12-9(14)8(10)11/h7-8H,2-6H2,1H3,(H,12,14). The number of likely N-dealkylation sites (tertiary alicyclic amines) is 1. The molecule has 1 rings (SSSR count). The van der Waals surface area contributed by atoms with Gasteiger partial charge in [-0.3, -0.25) is 4.79 Å². The third-order valence-corrected chi connectivity index (χ3v) is 2.69. The molecule has 82 valence electrons. The molecule has 3 nitrogen and oxygen atoms in total. The smallest absolute Gasteiger partial charge is 0.270 e. The van der Waals surface area contributed by atoms with Crippen LogP contribution in [0.5, 0.6) is 0 Å². The van der Waals surface area contributed by atoms with Gasteiger partial charge in [-0.25, -0.2) is 4.39 Å². The van der Waals surface area contributed by atoms with E-state index in [4.69, 9.17) is 11.6 Å². The zero-order valence-corrected chi connectivity index (χ0v) is 9.06. The highest BCUT2D eigenvalue weighted by Gasteiger charge is 2.20. The summed E-state index contributed by atoms with van der Waals surface area (Å²) in [5, 5.41) is 2.61. The average molecular weight is 223 g/mol. The number of hydrogen-bond acceptors (Lipinski definition) is 2. The van der Waals surface area contributed by atoms with Crippen molar-refractivity contribution in [2.24, 2.45) is 0 Å². The summed E-state index contributed by atoms with van der Waals surface area (Å²) < 4.78 is 12.4. The number of amides is 1. The number of rotatable bonds is 2. The third kappa shape index (κ3) is 3.80. The van der Waals surface area contributed by atoms with Gasteiger partial charge in [0, 0.05) is 6.04 Å². The zero-order valence-electron chi connectivity index (χ0n) is 8.30. The minimum Gasteiger partial charge on any atom is -0.350 e. The van der Waals surface area contributed by atoms with E-state index in [9.17, 15) is 9.18 Å². The summed E-state index contributed by atoms with van der Waals surface area (Å²) in [6.07, 6.45) is 2.80. The van der Waals surface area contributed by atoms with Crippen LogP contribution in [0.2, 0.25) is 0 Å². The lowest BCUT2D eigenvalue weighted by Crippen LogP contribution is -2.38. The second-order valence-corrected chi connectivity index (χ2v) is 4.12. The van der Waals surface area contributed by atoms with E-state index < -0.39 is 11.5 Å². The first kappa shape index (κ1) is 11.7. The van der Waals surface area contributed by atoms with E-state index in [-0.39, 0.29) is 6.04 Å². The molecule has 1 N–H and O–H groups in total. The Morgan fingerprint density at radius 1 is 1.57 bits per heavy atom. The molecule has 2 unspecified atom stereocenters. The molecule has 1 saturated heterocycles. The van der Waals surface area contributed by atoms with Crippen LogP contribution in [0, 0.1) is 0 Å². The molecule has 5 heteroatoms. The maximum atomic E-state index is 12.4. The first-order valence-corrected chi connectivity index (χ1v) is 5.30. The number of carbonyl (C=O) groups is 1. The molecule has 1 fully saturated rings. The van der Waals surface area contributed by atoms with Gasteiger partial charge in [0.15, 0.2) is 0 Å². The molecule has 0 aliphatic carbocycles. The maximum absolute atomic E-state index is 12.4. The summed E-state index contributed by atoms with van der Waals surface area (Å²) in [4.78, 5) is 13.2. The average Bonchev–Trinajstić information content (AvgIpc) is 2.31. The van der Waals surface area contributed by atoms with Gasteiger partial charge in [-0.1, -0.05) is 11.6 Å². The normalized spacial score (nSPS) is 26.6. The molecule has 0 spiro atoms. The van der Waals surface area contributed by atoms with Gasteiger partial charge in [-0.2, -0.15) is 0 Å². The second kappa shape index (κ2) is 5.51. The Morgan fingerprint density at radius 3 is 2.93 bits per heavy atom. The number of hydrogen-bond donors (Lipinski definition) is 1.